The van der Waals surface area contributed by atoms with Gasteiger partial charge in [-0.2, -0.15) is 0 Å². The van der Waals surface area contributed by atoms with E-state index >= 15 is 0 Å². The molecular weight excluding hydrogens is 785 g/mol. The summed E-state index contributed by atoms with van der Waals surface area (Å²) in [5.74, 6) is -2.39. The minimum absolute atomic E-state index is 0.00444. The standard InChI is InChI=1S/C48H74O13/c1-25(2)43-28(5)18-19-47(61-43)24-34-21-33(60-47)16-14-27(4)44(26(3)12-11-13-32-15-17-35-41(49)29(6)20-36(46(51)57-34)48(32,35)52)58-40-23-38(54-10)45(31(8)56-40)59-39-22-37(53-9)42(50)30(7)55-39/h11-14,20,25-26,28,30-31,33-45,49-50,52H,15-19,21-24H2,1-10H3/b12-11+,27-14+,32-13+/t26-,28-,30-,31-,33+,34-,35+,36-,37-,38-,39-,40-,41+,42-,43+,44-,45-,47+,48-/m0/s1. The second kappa shape index (κ2) is 19.2. The lowest BCUT2D eigenvalue weighted by Gasteiger charge is -2.50. The van der Waals surface area contributed by atoms with Gasteiger partial charge in [0.05, 0.1) is 48.8 Å². The Kier molecular flexibility index (Phi) is 14.8. The van der Waals surface area contributed by atoms with Crippen molar-refractivity contribution in [1.82, 2.24) is 0 Å². The van der Waals surface area contributed by atoms with Crippen LogP contribution in [0.4, 0.5) is 0 Å². The molecule has 5 heterocycles. The molecule has 0 aromatic carbocycles. The number of allylic oxidation sites excluding steroid dienone is 2. The molecule has 2 bridgehead atoms. The molecule has 0 unspecified atom stereocenters. The van der Waals surface area contributed by atoms with Gasteiger partial charge in [0.25, 0.3) is 0 Å². The molecule has 13 heteroatoms. The molecule has 2 aliphatic carbocycles. The van der Waals surface area contributed by atoms with E-state index < -0.39 is 90.6 Å². The van der Waals surface area contributed by atoms with Crippen LogP contribution in [0.3, 0.4) is 0 Å². The maximum Gasteiger partial charge on any atom is 0.316 e. The molecule has 4 saturated heterocycles. The molecule has 7 aliphatic rings. The number of esters is 1. The molecule has 61 heavy (non-hydrogen) atoms. The van der Waals surface area contributed by atoms with Crippen molar-refractivity contribution in [1.29, 1.82) is 0 Å². The summed E-state index contributed by atoms with van der Waals surface area (Å²) >= 11 is 0. The Morgan fingerprint density at radius 2 is 1.57 bits per heavy atom. The van der Waals surface area contributed by atoms with E-state index in [2.05, 4.69) is 46.8 Å². The summed E-state index contributed by atoms with van der Waals surface area (Å²) in [7, 11) is 3.24. The average Bonchev–Trinajstić information content (AvgIpc) is 3.56. The smallest absolute Gasteiger partial charge is 0.316 e. The van der Waals surface area contributed by atoms with E-state index in [-0.39, 0.29) is 30.1 Å². The van der Waals surface area contributed by atoms with Crippen LogP contribution in [0, 0.1) is 29.6 Å². The zero-order valence-corrected chi connectivity index (χ0v) is 38.1. The Morgan fingerprint density at radius 3 is 2.30 bits per heavy atom. The number of hydrogen-bond donors (Lipinski definition) is 3. The second-order valence-electron chi connectivity index (χ2n) is 19.6. The van der Waals surface area contributed by atoms with Crippen LogP contribution < -0.4 is 0 Å². The first-order chi connectivity index (χ1) is 29.0. The van der Waals surface area contributed by atoms with Gasteiger partial charge in [0.1, 0.15) is 29.8 Å². The van der Waals surface area contributed by atoms with Gasteiger partial charge in [-0.3, -0.25) is 4.79 Å². The van der Waals surface area contributed by atoms with Gasteiger partial charge in [0.15, 0.2) is 18.4 Å². The van der Waals surface area contributed by atoms with Crippen LogP contribution in [0.2, 0.25) is 0 Å². The minimum Gasteiger partial charge on any atom is -0.462 e. The van der Waals surface area contributed by atoms with Gasteiger partial charge in [-0.25, -0.2) is 0 Å². The van der Waals surface area contributed by atoms with E-state index in [4.69, 9.17) is 42.6 Å². The summed E-state index contributed by atoms with van der Waals surface area (Å²) in [5.41, 5.74) is 0.778. The topological polar surface area (TPSA) is 161 Å². The van der Waals surface area contributed by atoms with Gasteiger partial charge in [-0.15, -0.1) is 0 Å². The molecule has 19 atom stereocenters. The third-order valence-corrected chi connectivity index (χ3v) is 14.9. The Morgan fingerprint density at radius 1 is 0.869 bits per heavy atom. The van der Waals surface area contributed by atoms with Gasteiger partial charge in [0.2, 0.25) is 0 Å². The van der Waals surface area contributed by atoms with Gasteiger partial charge >= 0.3 is 5.97 Å². The van der Waals surface area contributed by atoms with E-state index in [1.165, 1.54) is 0 Å². The van der Waals surface area contributed by atoms with Crippen LogP contribution in [0.5, 0.6) is 0 Å². The molecule has 0 aromatic heterocycles. The van der Waals surface area contributed by atoms with Crippen molar-refractivity contribution in [3.05, 3.63) is 47.1 Å². The lowest BCUT2D eigenvalue weighted by Crippen LogP contribution is -2.56. The monoisotopic (exact) mass is 859 g/mol. The molecule has 5 fully saturated rings. The third kappa shape index (κ3) is 9.69. The van der Waals surface area contributed by atoms with Crippen LogP contribution >= 0.6 is 0 Å². The Balaban J connectivity index is 1.17. The fourth-order valence-corrected chi connectivity index (χ4v) is 11.4. The lowest BCUT2D eigenvalue weighted by atomic mass is 9.68. The summed E-state index contributed by atoms with van der Waals surface area (Å²) in [6.07, 6.45) is 8.57. The molecule has 1 saturated carbocycles. The predicted molar refractivity (Wildman–Crippen MR) is 226 cm³/mol. The molecule has 3 N–H and O–H groups in total. The predicted octanol–water partition coefficient (Wildman–Crippen LogP) is 6.22. The summed E-state index contributed by atoms with van der Waals surface area (Å²) in [6.45, 7) is 16.3. The number of aliphatic hydroxyl groups is 3. The summed E-state index contributed by atoms with van der Waals surface area (Å²) < 4.78 is 57.8. The number of ether oxygens (including phenoxy) is 9. The van der Waals surface area contributed by atoms with E-state index in [1.54, 1.807) is 27.2 Å². The normalized spacial score (nSPS) is 49.6. The maximum atomic E-state index is 14.4. The van der Waals surface area contributed by atoms with E-state index in [0.717, 1.165) is 12.0 Å². The van der Waals surface area contributed by atoms with Crippen LogP contribution in [-0.4, -0.2) is 127 Å². The molecule has 5 aliphatic heterocycles. The fourth-order valence-electron chi connectivity index (χ4n) is 11.4. The van der Waals surface area contributed by atoms with Crippen molar-refractivity contribution in [3.8, 4) is 0 Å². The quantitative estimate of drug-likeness (QED) is 0.196. The molecule has 0 radical (unpaired) electrons. The van der Waals surface area contributed by atoms with Crippen LogP contribution in [0.1, 0.15) is 113 Å². The SMILES string of the molecule is CO[C@H]1C[C@H](O[C@H]2[C@H](C)O[C@@H](O[C@@H]3/C(C)=C/C[C@@H]4C[C@@H](C[C@]5(CC[C@H](C)[C@@H](C(C)C)O5)O4)OC(=O)[C@@H]4C=C(C)[C@@H](O)[C@H]5CC/C(=C\C=C\[C@@H]3C)[C@]54O)C[C@@H]2OC)O[C@@H](C)[C@@H]1O. The first-order valence-electron chi connectivity index (χ1n) is 23.0. The first kappa shape index (κ1) is 47.0. The number of rotatable bonds is 7. The number of carbonyl (C=O) groups is 1. The Hall–Kier alpha value is -2.01. The first-order valence-corrected chi connectivity index (χ1v) is 23.0. The van der Waals surface area contributed by atoms with Crippen LogP contribution in [0.25, 0.3) is 0 Å². The van der Waals surface area contributed by atoms with Crippen LogP contribution in [-0.2, 0) is 47.4 Å². The summed E-state index contributed by atoms with van der Waals surface area (Å²) in [4.78, 5) is 14.4. The molecule has 13 nitrogen and oxygen atoms in total. The second-order valence-corrected chi connectivity index (χ2v) is 19.6. The van der Waals surface area contributed by atoms with Crippen molar-refractivity contribution in [3.63, 3.8) is 0 Å². The zero-order valence-electron chi connectivity index (χ0n) is 38.1. The molecule has 344 valence electrons. The van der Waals surface area contributed by atoms with Crippen LogP contribution in [0.15, 0.2) is 47.1 Å². The highest BCUT2D eigenvalue weighted by Gasteiger charge is 2.59. The average molecular weight is 859 g/mol. The summed E-state index contributed by atoms with van der Waals surface area (Å²) in [5, 5.41) is 34.4. The highest BCUT2D eigenvalue weighted by atomic mass is 16.7. The molecule has 0 amide bonds. The van der Waals surface area contributed by atoms with Crippen molar-refractivity contribution in [2.24, 2.45) is 29.6 Å². The maximum absolute atomic E-state index is 14.4. The van der Waals surface area contributed by atoms with Crippen molar-refractivity contribution in [2.75, 3.05) is 14.2 Å². The number of hydrogen-bond acceptors (Lipinski definition) is 13. The molecule has 1 spiro atoms. The highest BCUT2D eigenvalue weighted by Crippen LogP contribution is 2.52. The van der Waals surface area contributed by atoms with Crippen molar-refractivity contribution >= 4 is 5.97 Å². The fraction of sp³-hybridized carbons (Fsp3) is 0.812. The minimum atomic E-state index is -1.60. The van der Waals surface area contributed by atoms with Crippen molar-refractivity contribution < 1.29 is 62.7 Å². The lowest BCUT2D eigenvalue weighted by molar-refractivity contribution is -0.340. The zero-order chi connectivity index (χ0) is 44.0. The number of fused-ring (bicyclic) bond motifs is 2. The van der Waals surface area contributed by atoms with E-state index in [1.807, 2.05) is 26.0 Å². The van der Waals surface area contributed by atoms with Gasteiger partial charge < -0.3 is 58.0 Å². The number of aliphatic hydroxyl groups excluding tert-OH is 2. The van der Waals surface area contributed by atoms with Gasteiger partial charge in [-0.1, -0.05) is 58.1 Å². The Labute approximate surface area is 363 Å². The highest BCUT2D eigenvalue weighted by molar-refractivity contribution is 5.78. The third-order valence-electron chi connectivity index (χ3n) is 14.9. The van der Waals surface area contributed by atoms with Crippen molar-refractivity contribution in [2.45, 2.75) is 204 Å². The molecular formula is C48H74O13. The molecule has 0 aromatic rings. The Bertz CT molecular complexity index is 1660. The van der Waals surface area contributed by atoms with E-state index in [0.29, 0.717) is 68.4 Å². The largest absolute Gasteiger partial charge is 0.462 e. The van der Waals surface area contributed by atoms with Gasteiger partial charge in [-0.05, 0) is 81.9 Å². The number of methoxy groups -OCH3 is 2. The number of carbonyl (C=O) groups excluding carboxylic acids is 1. The summed E-state index contributed by atoms with van der Waals surface area (Å²) in [6, 6.07) is 0. The molecule has 7 rings (SSSR count). The van der Waals surface area contributed by atoms with E-state index in [9.17, 15) is 20.1 Å². The van der Waals surface area contributed by atoms with Gasteiger partial charge in [0, 0.05) is 58.2 Å².